The Morgan fingerprint density at radius 1 is 1.16 bits per heavy atom. The molecule has 0 bridgehead atoms. The molecule has 0 fully saturated rings. The second kappa shape index (κ2) is 6.76. The van der Waals surface area contributed by atoms with Crippen LogP contribution in [0.2, 0.25) is 5.02 Å². The van der Waals surface area contributed by atoms with Gasteiger partial charge in [-0.05, 0) is 45.0 Å². The van der Waals surface area contributed by atoms with Crippen molar-refractivity contribution in [1.29, 1.82) is 0 Å². The number of nitrogens with one attached hydrogen (secondary N) is 1. The molecule has 0 aliphatic carbocycles. The summed E-state index contributed by atoms with van der Waals surface area (Å²) in [5.41, 5.74) is 1.97. The lowest BCUT2D eigenvalue weighted by Gasteiger charge is -2.19. The van der Waals surface area contributed by atoms with Crippen molar-refractivity contribution in [3.63, 3.8) is 0 Å². The maximum Gasteiger partial charge on any atom is 0.408 e. The van der Waals surface area contributed by atoms with E-state index in [-0.39, 0.29) is 6.54 Å². The van der Waals surface area contributed by atoms with Gasteiger partial charge in [-0.3, -0.25) is 4.57 Å². The van der Waals surface area contributed by atoms with Crippen molar-refractivity contribution >= 4 is 28.7 Å². The number of aromatic nitrogens is 2. The first kappa shape index (κ1) is 17.3. The van der Waals surface area contributed by atoms with Crippen LogP contribution in [0, 0.1) is 0 Å². The monoisotopic (exact) mass is 357 g/mol. The van der Waals surface area contributed by atoms with Gasteiger partial charge in [0.05, 0.1) is 22.6 Å². The number of carbonyl (C=O) groups is 1. The van der Waals surface area contributed by atoms with Crippen LogP contribution in [0.5, 0.6) is 0 Å². The molecule has 0 saturated carbocycles. The average molecular weight is 358 g/mol. The standard InChI is InChI=1S/C19H20ClN3O2/c1-19(2,3)25-18(24)21-12-16-22-15-11-7-10-14(20)17(15)23(16)13-8-5-4-6-9-13/h4-11H,12H2,1-3H3,(H,21,24). The molecule has 0 radical (unpaired) electrons. The molecule has 0 spiro atoms. The number of fused-ring (bicyclic) bond motifs is 1. The van der Waals surface area contributed by atoms with Gasteiger partial charge < -0.3 is 10.1 Å². The van der Waals surface area contributed by atoms with E-state index < -0.39 is 11.7 Å². The maximum atomic E-state index is 12.0. The number of hydrogen-bond donors (Lipinski definition) is 1. The Morgan fingerprint density at radius 3 is 2.56 bits per heavy atom. The highest BCUT2D eigenvalue weighted by Gasteiger charge is 2.18. The van der Waals surface area contributed by atoms with E-state index in [1.807, 2.05) is 73.9 Å². The van der Waals surface area contributed by atoms with Crippen LogP contribution in [0.1, 0.15) is 26.6 Å². The van der Waals surface area contributed by atoms with Crippen LogP contribution in [0.3, 0.4) is 0 Å². The molecule has 0 atom stereocenters. The fourth-order valence-corrected chi connectivity index (χ4v) is 2.83. The Kier molecular flexibility index (Phi) is 4.68. The van der Waals surface area contributed by atoms with Gasteiger partial charge in [0.15, 0.2) is 0 Å². The molecule has 0 aliphatic rings. The third kappa shape index (κ3) is 3.94. The molecule has 1 amide bonds. The third-order valence-electron chi connectivity index (χ3n) is 3.50. The summed E-state index contributed by atoms with van der Waals surface area (Å²) >= 11 is 6.40. The summed E-state index contributed by atoms with van der Waals surface area (Å²) in [5, 5.41) is 3.37. The number of carbonyl (C=O) groups excluding carboxylic acids is 1. The van der Waals surface area contributed by atoms with Crippen LogP contribution >= 0.6 is 11.6 Å². The number of benzene rings is 2. The van der Waals surface area contributed by atoms with Gasteiger partial charge in [-0.15, -0.1) is 0 Å². The predicted octanol–water partition coefficient (Wildman–Crippen LogP) is 4.70. The largest absolute Gasteiger partial charge is 0.444 e. The second-order valence-corrected chi connectivity index (χ2v) is 7.07. The second-order valence-electron chi connectivity index (χ2n) is 6.66. The van der Waals surface area contributed by atoms with Gasteiger partial charge >= 0.3 is 6.09 Å². The minimum atomic E-state index is -0.549. The Morgan fingerprint density at radius 2 is 1.88 bits per heavy atom. The lowest BCUT2D eigenvalue weighted by atomic mass is 10.2. The topological polar surface area (TPSA) is 56.1 Å². The van der Waals surface area contributed by atoms with E-state index in [0.29, 0.717) is 10.8 Å². The molecule has 25 heavy (non-hydrogen) atoms. The molecule has 0 unspecified atom stereocenters. The molecule has 1 aromatic heterocycles. The predicted molar refractivity (Wildman–Crippen MR) is 99.2 cm³/mol. The van der Waals surface area contributed by atoms with Crippen molar-refractivity contribution in [3.8, 4) is 5.69 Å². The fraction of sp³-hybridized carbons (Fsp3) is 0.263. The number of hydrogen-bond acceptors (Lipinski definition) is 3. The number of amides is 1. The minimum Gasteiger partial charge on any atom is -0.444 e. The first-order chi connectivity index (χ1) is 11.8. The van der Waals surface area contributed by atoms with Crippen LogP contribution in [0.4, 0.5) is 4.79 Å². The van der Waals surface area contributed by atoms with Crippen molar-refractivity contribution in [2.24, 2.45) is 0 Å². The van der Waals surface area contributed by atoms with Crippen LogP contribution in [-0.2, 0) is 11.3 Å². The third-order valence-corrected chi connectivity index (χ3v) is 3.81. The molecule has 2 aromatic carbocycles. The number of imidazole rings is 1. The zero-order valence-corrected chi connectivity index (χ0v) is 15.2. The Balaban J connectivity index is 1.98. The normalized spacial score (nSPS) is 11.5. The summed E-state index contributed by atoms with van der Waals surface area (Å²) in [7, 11) is 0. The molecule has 130 valence electrons. The lowest BCUT2D eigenvalue weighted by molar-refractivity contribution is 0.0522. The van der Waals surface area contributed by atoms with E-state index in [9.17, 15) is 4.79 Å². The van der Waals surface area contributed by atoms with Gasteiger partial charge in [-0.25, -0.2) is 9.78 Å². The van der Waals surface area contributed by atoms with Crippen LogP contribution in [0.15, 0.2) is 48.5 Å². The molecule has 3 rings (SSSR count). The maximum absolute atomic E-state index is 12.0. The van der Waals surface area contributed by atoms with E-state index >= 15 is 0 Å². The first-order valence-electron chi connectivity index (χ1n) is 8.03. The number of rotatable bonds is 3. The van der Waals surface area contributed by atoms with E-state index in [0.717, 1.165) is 16.7 Å². The number of ether oxygens (including phenoxy) is 1. The van der Waals surface area contributed by atoms with Gasteiger partial charge in [-0.2, -0.15) is 0 Å². The van der Waals surface area contributed by atoms with Gasteiger partial charge in [-0.1, -0.05) is 35.9 Å². The van der Waals surface area contributed by atoms with Gasteiger partial charge in [0.25, 0.3) is 0 Å². The average Bonchev–Trinajstić information content (AvgIpc) is 2.92. The Hall–Kier alpha value is -2.53. The van der Waals surface area contributed by atoms with E-state index in [1.54, 1.807) is 0 Å². The quantitative estimate of drug-likeness (QED) is 0.738. The number of nitrogens with zero attached hydrogens (tertiary/aromatic N) is 2. The van der Waals surface area contributed by atoms with Crippen molar-refractivity contribution in [1.82, 2.24) is 14.9 Å². The number of alkyl carbamates (subject to hydrolysis) is 1. The summed E-state index contributed by atoms with van der Waals surface area (Å²) < 4.78 is 7.24. The van der Waals surface area contributed by atoms with Crippen molar-refractivity contribution in [3.05, 3.63) is 59.4 Å². The van der Waals surface area contributed by atoms with E-state index in [1.165, 1.54) is 0 Å². The van der Waals surface area contributed by atoms with Gasteiger partial charge in [0.1, 0.15) is 11.4 Å². The number of halogens is 1. The fourth-order valence-electron chi connectivity index (χ4n) is 2.57. The molecule has 6 heteroatoms. The van der Waals surface area contributed by atoms with Crippen molar-refractivity contribution in [2.45, 2.75) is 32.9 Å². The molecule has 0 aliphatic heterocycles. The minimum absolute atomic E-state index is 0.231. The van der Waals surface area contributed by atoms with E-state index in [4.69, 9.17) is 16.3 Å². The number of para-hydroxylation sites is 2. The van der Waals surface area contributed by atoms with Gasteiger partial charge in [0, 0.05) is 5.69 Å². The van der Waals surface area contributed by atoms with E-state index in [2.05, 4.69) is 10.3 Å². The van der Waals surface area contributed by atoms with Gasteiger partial charge in [0.2, 0.25) is 0 Å². The Labute approximate surface area is 151 Å². The van der Waals surface area contributed by atoms with Crippen LogP contribution in [0.25, 0.3) is 16.7 Å². The van der Waals surface area contributed by atoms with Crippen LogP contribution < -0.4 is 5.32 Å². The van der Waals surface area contributed by atoms with Crippen molar-refractivity contribution in [2.75, 3.05) is 0 Å². The molecule has 5 nitrogen and oxygen atoms in total. The molecule has 0 saturated heterocycles. The highest BCUT2D eigenvalue weighted by atomic mass is 35.5. The summed E-state index contributed by atoms with van der Waals surface area (Å²) in [5.74, 6) is 0.681. The lowest BCUT2D eigenvalue weighted by Crippen LogP contribution is -2.32. The highest BCUT2D eigenvalue weighted by Crippen LogP contribution is 2.27. The van der Waals surface area contributed by atoms with Crippen LogP contribution in [-0.4, -0.2) is 21.2 Å². The molecule has 1 heterocycles. The first-order valence-corrected chi connectivity index (χ1v) is 8.41. The highest BCUT2D eigenvalue weighted by molar-refractivity contribution is 6.35. The molecular weight excluding hydrogens is 338 g/mol. The Bertz CT molecular complexity index is 898. The molecule has 3 aromatic rings. The SMILES string of the molecule is CC(C)(C)OC(=O)NCc1nc2cccc(Cl)c2n1-c1ccccc1. The smallest absolute Gasteiger partial charge is 0.408 e. The molecular formula is C19H20ClN3O2. The zero-order chi connectivity index (χ0) is 18.0. The summed E-state index contributed by atoms with van der Waals surface area (Å²) in [4.78, 5) is 16.6. The van der Waals surface area contributed by atoms with Crippen molar-refractivity contribution < 1.29 is 9.53 Å². The summed E-state index contributed by atoms with van der Waals surface area (Å²) in [6.07, 6.45) is -0.481. The zero-order valence-electron chi connectivity index (χ0n) is 14.4. The molecule has 1 N–H and O–H groups in total. The summed E-state index contributed by atoms with van der Waals surface area (Å²) in [6, 6.07) is 15.4. The summed E-state index contributed by atoms with van der Waals surface area (Å²) in [6.45, 7) is 5.71.